The molecule has 0 bridgehead atoms. The van der Waals surface area contributed by atoms with Crippen LogP contribution in [0.25, 0.3) is 0 Å². The maximum absolute atomic E-state index is 12.4. The predicted molar refractivity (Wildman–Crippen MR) is 84.6 cm³/mol. The van der Waals surface area contributed by atoms with Gasteiger partial charge in [0, 0.05) is 19.7 Å². The molecule has 0 saturated heterocycles. The van der Waals surface area contributed by atoms with Gasteiger partial charge in [-0.25, -0.2) is 0 Å². The third kappa shape index (κ3) is 7.25. The van der Waals surface area contributed by atoms with Crippen molar-refractivity contribution in [3.63, 3.8) is 0 Å². The number of amides is 1. The molecule has 20 heavy (non-hydrogen) atoms. The van der Waals surface area contributed by atoms with E-state index in [9.17, 15) is 4.79 Å². The zero-order valence-corrected chi connectivity index (χ0v) is 13.8. The molecule has 4 nitrogen and oxygen atoms in total. The number of nitrogens with two attached hydrogens (primary N) is 1. The maximum Gasteiger partial charge on any atom is 0.227 e. The van der Waals surface area contributed by atoms with Gasteiger partial charge in [-0.2, -0.15) is 0 Å². The van der Waals surface area contributed by atoms with Crippen molar-refractivity contribution in [1.29, 1.82) is 0 Å². The van der Waals surface area contributed by atoms with Gasteiger partial charge >= 0.3 is 0 Å². The van der Waals surface area contributed by atoms with Gasteiger partial charge in [0.05, 0.1) is 12.0 Å². The molecule has 0 unspecified atom stereocenters. The second-order valence-corrected chi connectivity index (χ2v) is 6.04. The highest BCUT2D eigenvalue weighted by atomic mass is 16.5. The molecule has 0 atom stereocenters. The summed E-state index contributed by atoms with van der Waals surface area (Å²) >= 11 is 0. The van der Waals surface area contributed by atoms with Gasteiger partial charge in [-0.05, 0) is 25.2 Å². The van der Waals surface area contributed by atoms with Gasteiger partial charge in [0.25, 0.3) is 0 Å². The molecule has 0 aliphatic rings. The predicted octanol–water partition coefficient (Wildman–Crippen LogP) is 2.71. The molecule has 0 saturated carbocycles. The lowest BCUT2D eigenvalue weighted by Gasteiger charge is -2.30. The Hall–Kier alpha value is -0.610. The minimum Gasteiger partial charge on any atom is -0.380 e. The second kappa shape index (κ2) is 11.1. The molecule has 0 radical (unpaired) electrons. The summed E-state index contributed by atoms with van der Waals surface area (Å²) < 4.78 is 5.52. The average molecular weight is 286 g/mol. The Morgan fingerprint density at radius 2 is 1.80 bits per heavy atom. The van der Waals surface area contributed by atoms with Gasteiger partial charge in [0.1, 0.15) is 0 Å². The zero-order valence-electron chi connectivity index (χ0n) is 13.8. The summed E-state index contributed by atoms with van der Waals surface area (Å²) in [4.78, 5) is 12.4. The van der Waals surface area contributed by atoms with Gasteiger partial charge in [0.2, 0.25) is 5.91 Å². The van der Waals surface area contributed by atoms with Crippen LogP contribution in [0.1, 0.15) is 59.8 Å². The van der Waals surface area contributed by atoms with E-state index in [1.165, 1.54) is 0 Å². The van der Waals surface area contributed by atoms with E-state index in [4.69, 9.17) is 10.5 Å². The largest absolute Gasteiger partial charge is 0.380 e. The normalized spacial score (nSPS) is 11.9. The minimum atomic E-state index is -0.387. The fourth-order valence-corrected chi connectivity index (χ4v) is 2.45. The number of carbonyl (C=O) groups excluding carboxylic acids is 1. The first kappa shape index (κ1) is 19.4. The van der Waals surface area contributed by atoms with E-state index in [0.717, 1.165) is 38.7 Å². The van der Waals surface area contributed by atoms with Crippen LogP contribution in [-0.4, -0.2) is 32.2 Å². The Morgan fingerprint density at radius 1 is 1.20 bits per heavy atom. The molecule has 0 aromatic carbocycles. The highest BCUT2D eigenvalue weighted by Gasteiger charge is 2.34. The van der Waals surface area contributed by atoms with Gasteiger partial charge in [-0.1, -0.05) is 40.5 Å². The summed E-state index contributed by atoms with van der Waals surface area (Å²) in [5.74, 6) is 0.750. The summed E-state index contributed by atoms with van der Waals surface area (Å²) in [6, 6.07) is 0. The Kier molecular flexibility index (Phi) is 10.8. The molecule has 0 aromatic rings. The lowest BCUT2D eigenvalue weighted by atomic mass is 9.78. The van der Waals surface area contributed by atoms with E-state index in [0.29, 0.717) is 25.6 Å². The van der Waals surface area contributed by atoms with Crippen molar-refractivity contribution in [2.24, 2.45) is 17.1 Å². The van der Waals surface area contributed by atoms with Crippen LogP contribution in [0.3, 0.4) is 0 Å². The second-order valence-electron chi connectivity index (χ2n) is 6.04. The van der Waals surface area contributed by atoms with E-state index in [2.05, 4.69) is 33.0 Å². The number of carbonyl (C=O) groups is 1. The van der Waals surface area contributed by atoms with E-state index < -0.39 is 0 Å². The quantitative estimate of drug-likeness (QED) is 0.542. The van der Waals surface area contributed by atoms with Crippen LogP contribution in [0.2, 0.25) is 0 Å². The smallest absolute Gasteiger partial charge is 0.227 e. The molecular formula is C16H34N2O2. The Bertz CT molecular complexity index is 249. The minimum absolute atomic E-state index is 0.0937. The highest BCUT2D eigenvalue weighted by molar-refractivity contribution is 5.82. The first-order valence-electron chi connectivity index (χ1n) is 8.08. The Morgan fingerprint density at radius 3 is 2.25 bits per heavy atom. The van der Waals surface area contributed by atoms with Crippen LogP contribution in [-0.2, 0) is 9.53 Å². The first-order valence-corrected chi connectivity index (χ1v) is 8.08. The lowest BCUT2D eigenvalue weighted by molar-refractivity contribution is -0.131. The molecule has 0 rings (SSSR count). The standard InChI is InChI=1S/C16H34N2O2/c1-5-8-16(13-17,9-6-2)15(19)18-10-12-20-11-7-14(3)4/h14H,5-13,17H2,1-4H3,(H,18,19). The van der Waals surface area contributed by atoms with Crippen LogP contribution in [0.15, 0.2) is 0 Å². The summed E-state index contributed by atoms with van der Waals surface area (Å²) in [6.45, 7) is 10.9. The summed E-state index contributed by atoms with van der Waals surface area (Å²) in [7, 11) is 0. The molecule has 0 aliphatic heterocycles. The first-order chi connectivity index (χ1) is 9.52. The molecule has 0 aromatic heterocycles. The molecule has 0 fully saturated rings. The number of rotatable bonds is 12. The average Bonchev–Trinajstić information content (AvgIpc) is 2.41. The molecule has 1 amide bonds. The molecule has 0 heterocycles. The van der Waals surface area contributed by atoms with Crippen LogP contribution in [0.4, 0.5) is 0 Å². The third-order valence-electron chi connectivity index (χ3n) is 3.70. The molecule has 3 N–H and O–H groups in total. The van der Waals surface area contributed by atoms with Gasteiger partial charge in [0.15, 0.2) is 0 Å². The van der Waals surface area contributed by atoms with Crippen LogP contribution in [0.5, 0.6) is 0 Å². The third-order valence-corrected chi connectivity index (χ3v) is 3.70. The van der Waals surface area contributed by atoms with Crippen molar-refractivity contribution < 1.29 is 9.53 Å². The summed E-state index contributed by atoms with van der Waals surface area (Å²) in [5.41, 5.74) is 5.49. The van der Waals surface area contributed by atoms with Gasteiger partial charge in [-0.3, -0.25) is 4.79 Å². The molecule has 0 aliphatic carbocycles. The fourth-order valence-electron chi connectivity index (χ4n) is 2.45. The zero-order chi connectivity index (χ0) is 15.4. The molecule has 4 heteroatoms. The van der Waals surface area contributed by atoms with E-state index in [-0.39, 0.29) is 11.3 Å². The van der Waals surface area contributed by atoms with Crippen molar-refractivity contribution >= 4 is 5.91 Å². The maximum atomic E-state index is 12.4. The number of nitrogens with one attached hydrogen (secondary N) is 1. The molecule has 120 valence electrons. The number of ether oxygens (including phenoxy) is 1. The Labute approximate surface area is 124 Å². The van der Waals surface area contributed by atoms with Crippen molar-refractivity contribution in [2.75, 3.05) is 26.3 Å². The van der Waals surface area contributed by atoms with Crippen molar-refractivity contribution in [3.8, 4) is 0 Å². The van der Waals surface area contributed by atoms with Crippen LogP contribution >= 0.6 is 0 Å². The van der Waals surface area contributed by atoms with E-state index >= 15 is 0 Å². The monoisotopic (exact) mass is 286 g/mol. The van der Waals surface area contributed by atoms with Crippen molar-refractivity contribution in [2.45, 2.75) is 59.8 Å². The number of hydrogen-bond acceptors (Lipinski definition) is 3. The lowest BCUT2D eigenvalue weighted by Crippen LogP contribution is -2.46. The van der Waals surface area contributed by atoms with Crippen molar-refractivity contribution in [3.05, 3.63) is 0 Å². The van der Waals surface area contributed by atoms with Crippen LogP contribution < -0.4 is 11.1 Å². The number of hydrogen-bond donors (Lipinski definition) is 2. The summed E-state index contributed by atoms with van der Waals surface area (Å²) in [6.07, 6.45) is 4.74. The Balaban J connectivity index is 4.07. The van der Waals surface area contributed by atoms with Crippen LogP contribution in [0, 0.1) is 11.3 Å². The topological polar surface area (TPSA) is 64.4 Å². The summed E-state index contributed by atoms with van der Waals surface area (Å²) in [5, 5.41) is 2.99. The van der Waals surface area contributed by atoms with Gasteiger partial charge < -0.3 is 15.8 Å². The highest BCUT2D eigenvalue weighted by Crippen LogP contribution is 2.28. The fraction of sp³-hybridized carbons (Fsp3) is 0.938. The van der Waals surface area contributed by atoms with Gasteiger partial charge in [-0.15, -0.1) is 0 Å². The van der Waals surface area contributed by atoms with E-state index in [1.54, 1.807) is 0 Å². The molecular weight excluding hydrogens is 252 g/mol. The molecule has 0 spiro atoms. The van der Waals surface area contributed by atoms with E-state index in [1.807, 2.05) is 0 Å². The SMILES string of the molecule is CCCC(CN)(CCC)C(=O)NCCOCCC(C)C. The van der Waals surface area contributed by atoms with Crippen molar-refractivity contribution in [1.82, 2.24) is 5.32 Å².